The van der Waals surface area contributed by atoms with Crippen molar-refractivity contribution in [1.29, 1.82) is 0 Å². The Morgan fingerprint density at radius 2 is 1.67 bits per heavy atom. The van der Waals surface area contributed by atoms with Crippen molar-refractivity contribution in [1.82, 2.24) is 4.98 Å². The fourth-order valence-electron chi connectivity index (χ4n) is 3.54. The Labute approximate surface area is 204 Å². The molecule has 33 heavy (non-hydrogen) atoms. The lowest BCUT2D eigenvalue weighted by Gasteiger charge is -2.05. The fourth-order valence-corrected chi connectivity index (χ4v) is 4.33. The van der Waals surface area contributed by atoms with Crippen LogP contribution in [0.15, 0.2) is 87.9 Å². The van der Waals surface area contributed by atoms with E-state index in [2.05, 4.69) is 69.8 Å². The largest absolute Gasteiger partial charge is 0.360 e. The lowest BCUT2D eigenvalue weighted by atomic mass is 10.0. The van der Waals surface area contributed by atoms with E-state index in [1.54, 1.807) is 6.20 Å². The van der Waals surface area contributed by atoms with Crippen molar-refractivity contribution in [3.05, 3.63) is 93.4 Å². The molecule has 2 aromatic rings. The van der Waals surface area contributed by atoms with Gasteiger partial charge in [-0.15, -0.1) is 0 Å². The number of aromatic nitrogens is 1. The summed E-state index contributed by atoms with van der Waals surface area (Å²) in [4.78, 5) is 16.6. The Bertz CT molecular complexity index is 1070. The number of nitrogens with one attached hydrogen (secondary N) is 1. The van der Waals surface area contributed by atoms with Gasteiger partial charge in [0.15, 0.2) is 0 Å². The molecule has 1 aromatic carbocycles. The van der Waals surface area contributed by atoms with Gasteiger partial charge < -0.3 is 4.98 Å². The summed E-state index contributed by atoms with van der Waals surface area (Å²) < 4.78 is 0. The second-order valence-electron chi connectivity index (χ2n) is 8.91. The van der Waals surface area contributed by atoms with Gasteiger partial charge in [0.25, 0.3) is 0 Å². The Hall–Kier alpha value is -2.52. The summed E-state index contributed by atoms with van der Waals surface area (Å²) in [7, 11) is 0. The smallest absolute Gasteiger partial charge is 0.201 e. The van der Waals surface area contributed by atoms with Crippen LogP contribution in [0.25, 0.3) is 10.9 Å². The summed E-state index contributed by atoms with van der Waals surface area (Å²) in [6.45, 7) is 15.0. The number of allylic oxidation sites excluding steroid dienone is 8. The molecule has 0 radical (unpaired) electrons. The van der Waals surface area contributed by atoms with E-state index in [1.807, 2.05) is 24.3 Å². The number of benzene rings is 1. The number of rotatable bonds is 13. The molecule has 176 valence electrons. The molecule has 0 unspecified atom stereocenters. The first-order chi connectivity index (χ1) is 15.8. The molecule has 0 aliphatic carbocycles. The quantitative estimate of drug-likeness (QED) is 0.183. The molecule has 0 saturated heterocycles. The molecular formula is C30H39NOS. The van der Waals surface area contributed by atoms with Gasteiger partial charge in [0, 0.05) is 22.7 Å². The molecule has 0 saturated carbocycles. The van der Waals surface area contributed by atoms with Crippen molar-refractivity contribution >= 4 is 28.4 Å². The van der Waals surface area contributed by atoms with E-state index in [9.17, 15) is 4.79 Å². The average Bonchev–Trinajstić information content (AvgIpc) is 3.22. The van der Waals surface area contributed by atoms with Gasteiger partial charge in [0.2, 0.25) is 5.78 Å². The van der Waals surface area contributed by atoms with Gasteiger partial charge in [-0.25, -0.2) is 0 Å². The zero-order valence-electron chi connectivity index (χ0n) is 21.0. The van der Waals surface area contributed by atoms with Crippen molar-refractivity contribution in [2.45, 2.75) is 73.1 Å². The van der Waals surface area contributed by atoms with Crippen LogP contribution in [0.5, 0.6) is 0 Å². The molecule has 2 rings (SSSR count). The monoisotopic (exact) mass is 461 g/mol. The number of H-pyrrole nitrogens is 1. The van der Waals surface area contributed by atoms with Gasteiger partial charge in [-0.05, 0) is 77.7 Å². The first-order valence-electron chi connectivity index (χ1n) is 11.9. The number of para-hydroxylation sites is 1. The van der Waals surface area contributed by atoms with Crippen LogP contribution in [-0.4, -0.2) is 10.8 Å². The normalized spacial score (nSPS) is 12.8. The highest BCUT2D eigenvalue weighted by molar-refractivity contribution is 8.06. The third kappa shape index (κ3) is 9.09. The lowest BCUT2D eigenvalue weighted by Crippen LogP contribution is -1.98. The van der Waals surface area contributed by atoms with Gasteiger partial charge in [0.05, 0.1) is 4.91 Å². The minimum absolute atomic E-state index is 0.0115. The second-order valence-corrected chi connectivity index (χ2v) is 9.88. The molecule has 0 spiro atoms. The number of hydrogen-bond donors (Lipinski definition) is 1. The van der Waals surface area contributed by atoms with Gasteiger partial charge in [0.1, 0.15) is 0 Å². The predicted molar refractivity (Wildman–Crippen MR) is 148 cm³/mol. The second kappa shape index (κ2) is 13.9. The van der Waals surface area contributed by atoms with Crippen LogP contribution in [0.4, 0.5) is 0 Å². The van der Waals surface area contributed by atoms with E-state index in [4.69, 9.17) is 0 Å². The van der Waals surface area contributed by atoms with Crippen LogP contribution in [-0.2, 0) is 0 Å². The standard InChI is InChI=1S/C30H39NOS/c1-7-26(19-18-24(5)15-11-14-23(4)13-10-12-22(2)3)21-33-25(6)30(32)28-20-31-29-17-9-8-16-27(28)29/h8-9,12,14,16-18,20-21,31H,6-7,10-11,13,15,19H2,1-5H3/b23-14+,24-18+,26-21+. The minimum Gasteiger partial charge on any atom is -0.360 e. The van der Waals surface area contributed by atoms with Crippen LogP contribution in [0.3, 0.4) is 0 Å². The summed E-state index contributed by atoms with van der Waals surface area (Å²) in [5.74, 6) is -0.0115. The van der Waals surface area contributed by atoms with Gasteiger partial charge in [-0.3, -0.25) is 4.79 Å². The highest BCUT2D eigenvalue weighted by Gasteiger charge is 2.14. The number of carbonyl (C=O) groups excluding carboxylic acids is 1. The molecule has 0 aliphatic rings. The Morgan fingerprint density at radius 3 is 2.36 bits per heavy atom. The Balaban J connectivity index is 1.85. The van der Waals surface area contributed by atoms with E-state index >= 15 is 0 Å². The van der Waals surface area contributed by atoms with E-state index in [0.29, 0.717) is 10.5 Å². The molecule has 1 aromatic heterocycles. The highest BCUT2D eigenvalue weighted by atomic mass is 32.2. The van der Waals surface area contributed by atoms with Crippen LogP contribution in [0.1, 0.15) is 83.5 Å². The first-order valence-corrected chi connectivity index (χ1v) is 12.8. The summed E-state index contributed by atoms with van der Waals surface area (Å²) in [6.07, 6.45) is 15.2. The molecule has 0 bridgehead atoms. The van der Waals surface area contributed by atoms with Gasteiger partial charge >= 0.3 is 0 Å². The zero-order chi connectivity index (χ0) is 24.2. The lowest BCUT2D eigenvalue weighted by molar-refractivity contribution is 0.104. The first kappa shape index (κ1) is 26.7. The van der Waals surface area contributed by atoms with Crippen molar-refractivity contribution in [2.24, 2.45) is 0 Å². The maximum absolute atomic E-state index is 12.9. The van der Waals surface area contributed by atoms with Crippen molar-refractivity contribution < 1.29 is 4.79 Å². The molecule has 0 atom stereocenters. The molecule has 3 heteroatoms. The van der Waals surface area contributed by atoms with Crippen molar-refractivity contribution in [3.8, 4) is 0 Å². The average molecular weight is 462 g/mol. The summed E-state index contributed by atoms with van der Waals surface area (Å²) in [5, 5.41) is 3.05. The number of aromatic amines is 1. The maximum Gasteiger partial charge on any atom is 0.201 e. The van der Waals surface area contributed by atoms with Crippen LogP contribution < -0.4 is 0 Å². The molecular weight excluding hydrogens is 422 g/mol. The van der Waals surface area contributed by atoms with Crippen molar-refractivity contribution in [3.63, 3.8) is 0 Å². The number of hydrogen-bond acceptors (Lipinski definition) is 2. The number of ketones is 1. The zero-order valence-corrected chi connectivity index (χ0v) is 21.8. The van der Waals surface area contributed by atoms with Crippen LogP contribution >= 0.6 is 11.8 Å². The number of fused-ring (bicyclic) bond motifs is 1. The third-order valence-corrected chi connectivity index (χ3v) is 6.67. The molecule has 0 aliphatic heterocycles. The topological polar surface area (TPSA) is 32.9 Å². The van der Waals surface area contributed by atoms with Crippen LogP contribution in [0, 0.1) is 0 Å². The third-order valence-electron chi connectivity index (χ3n) is 5.74. The van der Waals surface area contributed by atoms with E-state index in [1.165, 1.54) is 34.1 Å². The maximum atomic E-state index is 12.9. The number of Topliss-reactive ketones (excluding diaryl/α,β-unsaturated/α-hetero) is 1. The number of carbonyl (C=O) groups is 1. The number of thioether (sulfide) groups is 1. The van der Waals surface area contributed by atoms with Gasteiger partial charge in [-0.2, -0.15) is 0 Å². The summed E-state index contributed by atoms with van der Waals surface area (Å²) in [5.41, 5.74) is 7.27. The molecule has 0 amide bonds. The van der Waals surface area contributed by atoms with E-state index in [-0.39, 0.29) is 5.78 Å². The Morgan fingerprint density at radius 1 is 1.00 bits per heavy atom. The van der Waals surface area contributed by atoms with Crippen molar-refractivity contribution in [2.75, 3.05) is 0 Å². The molecule has 2 nitrogen and oxygen atoms in total. The predicted octanol–water partition coefficient (Wildman–Crippen LogP) is 9.70. The summed E-state index contributed by atoms with van der Waals surface area (Å²) in [6, 6.07) is 7.87. The van der Waals surface area contributed by atoms with E-state index in [0.717, 1.165) is 49.4 Å². The van der Waals surface area contributed by atoms with Gasteiger partial charge in [-0.1, -0.05) is 84.0 Å². The van der Waals surface area contributed by atoms with Crippen LogP contribution in [0.2, 0.25) is 0 Å². The molecule has 1 heterocycles. The minimum atomic E-state index is -0.0115. The SMILES string of the molecule is C=C(S/C=C(\CC)C/C=C(\C)CC/C=C(\C)CCC=C(C)C)C(=O)c1c[nH]c2ccccc12. The fraction of sp³-hybridized carbons (Fsp3) is 0.367. The molecule has 0 fully saturated rings. The Kier molecular flexibility index (Phi) is 11.3. The highest BCUT2D eigenvalue weighted by Crippen LogP contribution is 2.27. The molecule has 1 N–H and O–H groups in total. The van der Waals surface area contributed by atoms with E-state index < -0.39 is 0 Å². The summed E-state index contributed by atoms with van der Waals surface area (Å²) >= 11 is 1.44.